The lowest BCUT2D eigenvalue weighted by Gasteiger charge is -2.06. The number of nitrogens with zero attached hydrogens (tertiary/aromatic N) is 2. The molecule has 7 heteroatoms. The molecule has 0 saturated heterocycles. The number of nitrogens with one attached hydrogen (secondary N) is 2. The van der Waals surface area contributed by atoms with Gasteiger partial charge in [0.05, 0.1) is 6.04 Å². The van der Waals surface area contributed by atoms with E-state index in [1.165, 1.54) is 6.07 Å². The van der Waals surface area contributed by atoms with Gasteiger partial charge >= 0.3 is 6.01 Å². The van der Waals surface area contributed by atoms with Crippen LogP contribution < -0.4 is 10.6 Å². The standard InChI is InChI=1S/C12H14F2N4O/c1-3-15-7(2)11-17-18-12(19-11)16-8-4-5-9(13)10(14)6-8/h4-7,15H,3H2,1-2H3,(H,16,18). The van der Waals surface area contributed by atoms with E-state index >= 15 is 0 Å². The Bertz CT molecular complexity index is 558. The summed E-state index contributed by atoms with van der Waals surface area (Å²) in [6.45, 7) is 4.63. The number of halogens is 2. The average molecular weight is 268 g/mol. The maximum Gasteiger partial charge on any atom is 0.320 e. The molecular weight excluding hydrogens is 254 g/mol. The zero-order chi connectivity index (χ0) is 13.8. The van der Waals surface area contributed by atoms with Gasteiger partial charge in [-0.1, -0.05) is 12.0 Å². The first kappa shape index (κ1) is 13.4. The SMILES string of the molecule is CCNC(C)c1nnc(Nc2ccc(F)c(F)c2)o1. The van der Waals surface area contributed by atoms with Crippen molar-refractivity contribution >= 4 is 11.7 Å². The first-order valence-electron chi connectivity index (χ1n) is 5.89. The van der Waals surface area contributed by atoms with Gasteiger partial charge in [0, 0.05) is 11.8 Å². The van der Waals surface area contributed by atoms with Crippen LogP contribution in [-0.4, -0.2) is 16.7 Å². The Morgan fingerprint density at radius 2 is 2.05 bits per heavy atom. The molecule has 0 spiro atoms. The van der Waals surface area contributed by atoms with Crippen molar-refractivity contribution in [2.24, 2.45) is 0 Å². The fourth-order valence-electron chi connectivity index (χ4n) is 1.55. The second-order valence-corrected chi connectivity index (χ2v) is 3.98. The molecule has 0 aliphatic carbocycles. The summed E-state index contributed by atoms with van der Waals surface area (Å²) in [5.74, 6) is -1.42. The van der Waals surface area contributed by atoms with E-state index in [0.29, 0.717) is 11.6 Å². The maximum absolute atomic E-state index is 13.0. The van der Waals surface area contributed by atoms with Crippen LogP contribution >= 0.6 is 0 Å². The molecule has 5 nitrogen and oxygen atoms in total. The van der Waals surface area contributed by atoms with Crippen molar-refractivity contribution in [3.05, 3.63) is 35.7 Å². The van der Waals surface area contributed by atoms with Crippen LogP contribution in [0, 0.1) is 11.6 Å². The smallest absolute Gasteiger partial charge is 0.320 e. The predicted octanol–water partition coefficient (Wildman–Crippen LogP) is 2.76. The van der Waals surface area contributed by atoms with E-state index in [4.69, 9.17) is 4.42 Å². The minimum atomic E-state index is -0.939. The Hall–Kier alpha value is -2.02. The molecule has 0 radical (unpaired) electrons. The van der Waals surface area contributed by atoms with E-state index < -0.39 is 11.6 Å². The van der Waals surface area contributed by atoms with Crippen molar-refractivity contribution in [3.63, 3.8) is 0 Å². The van der Waals surface area contributed by atoms with E-state index in [1.807, 2.05) is 13.8 Å². The number of anilines is 2. The highest BCUT2D eigenvalue weighted by Gasteiger charge is 2.13. The quantitative estimate of drug-likeness (QED) is 0.873. The summed E-state index contributed by atoms with van der Waals surface area (Å²) in [4.78, 5) is 0. The minimum absolute atomic E-state index is 0.0713. The van der Waals surface area contributed by atoms with E-state index in [-0.39, 0.29) is 12.1 Å². The molecule has 0 bridgehead atoms. The number of hydrogen-bond donors (Lipinski definition) is 2. The summed E-state index contributed by atoms with van der Waals surface area (Å²) in [5, 5.41) is 13.5. The molecule has 0 saturated carbocycles. The summed E-state index contributed by atoms with van der Waals surface area (Å²) >= 11 is 0. The Balaban J connectivity index is 2.09. The largest absolute Gasteiger partial charge is 0.406 e. The summed E-state index contributed by atoms with van der Waals surface area (Å²) in [7, 11) is 0. The van der Waals surface area contributed by atoms with Gasteiger partial charge in [-0.05, 0) is 25.6 Å². The monoisotopic (exact) mass is 268 g/mol. The molecule has 0 aliphatic rings. The molecule has 0 aliphatic heterocycles. The van der Waals surface area contributed by atoms with Gasteiger partial charge in [0.1, 0.15) is 0 Å². The van der Waals surface area contributed by atoms with Gasteiger partial charge in [-0.25, -0.2) is 8.78 Å². The second-order valence-electron chi connectivity index (χ2n) is 3.98. The molecule has 0 amide bonds. The Labute approximate surface area is 109 Å². The molecule has 102 valence electrons. The van der Waals surface area contributed by atoms with Crippen LogP contribution in [0.2, 0.25) is 0 Å². The Kier molecular flexibility index (Phi) is 4.06. The van der Waals surface area contributed by atoms with Gasteiger partial charge < -0.3 is 15.1 Å². The third kappa shape index (κ3) is 3.25. The van der Waals surface area contributed by atoms with Gasteiger partial charge in [0.15, 0.2) is 11.6 Å². The summed E-state index contributed by atoms with van der Waals surface area (Å²) in [6.07, 6.45) is 0. The molecule has 0 fully saturated rings. The average Bonchev–Trinajstić information content (AvgIpc) is 2.83. The van der Waals surface area contributed by atoms with E-state index in [2.05, 4.69) is 20.8 Å². The van der Waals surface area contributed by atoms with Crippen LogP contribution in [0.1, 0.15) is 25.8 Å². The first-order valence-corrected chi connectivity index (χ1v) is 5.89. The number of aromatic nitrogens is 2. The second kappa shape index (κ2) is 5.75. The highest BCUT2D eigenvalue weighted by atomic mass is 19.2. The Morgan fingerprint density at radius 1 is 1.26 bits per heavy atom. The molecule has 1 atom stereocenters. The molecular formula is C12H14F2N4O. The van der Waals surface area contributed by atoms with Gasteiger partial charge in [-0.15, -0.1) is 5.10 Å². The van der Waals surface area contributed by atoms with E-state index in [1.54, 1.807) is 0 Å². The predicted molar refractivity (Wildman–Crippen MR) is 66.0 cm³/mol. The van der Waals surface area contributed by atoms with Crippen molar-refractivity contribution in [3.8, 4) is 0 Å². The fraction of sp³-hybridized carbons (Fsp3) is 0.333. The topological polar surface area (TPSA) is 63.0 Å². The van der Waals surface area contributed by atoms with Crippen LogP contribution in [0.25, 0.3) is 0 Å². The number of benzene rings is 1. The summed E-state index contributed by atoms with van der Waals surface area (Å²) in [5.41, 5.74) is 0.338. The van der Waals surface area contributed by atoms with Crippen molar-refractivity contribution in [2.45, 2.75) is 19.9 Å². The molecule has 1 aromatic heterocycles. The van der Waals surface area contributed by atoms with Crippen molar-refractivity contribution in [1.82, 2.24) is 15.5 Å². The lowest BCUT2D eigenvalue weighted by molar-refractivity contribution is 0.430. The number of rotatable bonds is 5. The van der Waals surface area contributed by atoms with Gasteiger partial charge in [-0.3, -0.25) is 0 Å². The molecule has 2 N–H and O–H groups in total. The van der Waals surface area contributed by atoms with Gasteiger partial charge in [0.2, 0.25) is 5.89 Å². The first-order chi connectivity index (χ1) is 9.10. The molecule has 2 aromatic rings. The lowest BCUT2D eigenvalue weighted by atomic mass is 10.3. The molecule has 1 heterocycles. The van der Waals surface area contributed by atoms with Crippen LogP contribution in [0.15, 0.2) is 22.6 Å². The summed E-state index contributed by atoms with van der Waals surface area (Å²) in [6, 6.07) is 3.49. The minimum Gasteiger partial charge on any atom is -0.406 e. The van der Waals surface area contributed by atoms with Crippen LogP contribution in [0.4, 0.5) is 20.5 Å². The fourth-order valence-corrected chi connectivity index (χ4v) is 1.55. The van der Waals surface area contributed by atoms with Crippen LogP contribution in [0.3, 0.4) is 0 Å². The lowest BCUT2D eigenvalue weighted by Crippen LogP contribution is -2.17. The number of hydrogen-bond acceptors (Lipinski definition) is 5. The normalized spacial score (nSPS) is 12.4. The third-order valence-electron chi connectivity index (χ3n) is 2.49. The van der Waals surface area contributed by atoms with Crippen molar-refractivity contribution in [2.75, 3.05) is 11.9 Å². The highest BCUT2D eigenvalue weighted by Crippen LogP contribution is 2.19. The third-order valence-corrected chi connectivity index (χ3v) is 2.49. The zero-order valence-electron chi connectivity index (χ0n) is 10.6. The highest BCUT2D eigenvalue weighted by molar-refractivity contribution is 5.51. The van der Waals surface area contributed by atoms with Gasteiger partial charge in [-0.2, -0.15) is 0 Å². The van der Waals surface area contributed by atoms with E-state index in [0.717, 1.165) is 18.7 Å². The van der Waals surface area contributed by atoms with Crippen LogP contribution in [0.5, 0.6) is 0 Å². The maximum atomic E-state index is 13.0. The van der Waals surface area contributed by atoms with E-state index in [9.17, 15) is 8.78 Å². The van der Waals surface area contributed by atoms with Gasteiger partial charge in [0.25, 0.3) is 0 Å². The van der Waals surface area contributed by atoms with Crippen LogP contribution in [-0.2, 0) is 0 Å². The molecule has 19 heavy (non-hydrogen) atoms. The molecule has 1 unspecified atom stereocenters. The molecule has 1 aromatic carbocycles. The van der Waals surface area contributed by atoms with Crippen molar-refractivity contribution in [1.29, 1.82) is 0 Å². The summed E-state index contributed by atoms with van der Waals surface area (Å²) < 4.78 is 31.2. The zero-order valence-corrected chi connectivity index (χ0v) is 10.6. The van der Waals surface area contributed by atoms with Crippen molar-refractivity contribution < 1.29 is 13.2 Å². The molecule has 2 rings (SSSR count). The Morgan fingerprint density at radius 3 is 2.74 bits per heavy atom.